The summed E-state index contributed by atoms with van der Waals surface area (Å²) in [5.74, 6) is -1.51. The smallest absolute Gasteiger partial charge is 0.348 e. The molecule has 1 atom stereocenters. The van der Waals surface area contributed by atoms with Gasteiger partial charge in [-0.2, -0.15) is 0 Å². The molecule has 0 saturated carbocycles. The molecule has 1 aromatic heterocycles. The van der Waals surface area contributed by atoms with Crippen molar-refractivity contribution in [2.75, 3.05) is 19.7 Å². The summed E-state index contributed by atoms with van der Waals surface area (Å²) in [6.45, 7) is 0.538. The highest BCUT2D eigenvalue weighted by Crippen LogP contribution is 2.25. The first kappa shape index (κ1) is 16.4. The summed E-state index contributed by atoms with van der Waals surface area (Å²) in [6, 6.07) is 9.42. The zero-order valence-corrected chi connectivity index (χ0v) is 13.9. The largest absolute Gasteiger partial charge is 0.451 e. The van der Waals surface area contributed by atoms with Gasteiger partial charge in [-0.3, -0.25) is 9.59 Å². The number of piperidine rings is 1. The van der Waals surface area contributed by atoms with E-state index in [9.17, 15) is 14.4 Å². The quantitative estimate of drug-likeness (QED) is 0.855. The van der Waals surface area contributed by atoms with Gasteiger partial charge in [-0.1, -0.05) is 18.2 Å². The fraction of sp³-hybridized carbons (Fsp3) is 0.353. The third kappa shape index (κ3) is 3.56. The molecule has 0 unspecified atom stereocenters. The SMILES string of the molecule is NC(=O)[C@@H]1CCCN(C(=O)COC(=O)c2cc3ccccc3s2)C1. The summed E-state index contributed by atoms with van der Waals surface area (Å²) in [5, 5.41) is 0.973. The Kier molecular flexibility index (Phi) is 4.80. The highest BCUT2D eigenvalue weighted by molar-refractivity contribution is 7.20. The summed E-state index contributed by atoms with van der Waals surface area (Å²) in [5.41, 5.74) is 5.30. The fourth-order valence-electron chi connectivity index (χ4n) is 2.81. The number of thiophene rings is 1. The van der Waals surface area contributed by atoms with E-state index in [1.807, 2.05) is 24.3 Å². The normalized spacial score (nSPS) is 17.7. The van der Waals surface area contributed by atoms with Gasteiger partial charge in [0.15, 0.2) is 6.61 Å². The second-order valence-corrected chi connectivity index (χ2v) is 6.89. The number of esters is 1. The Hall–Kier alpha value is -2.41. The van der Waals surface area contributed by atoms with Crippen LogP contribution < -0.4 is 5.73 Å². The lowest BCUT2D eigenvalue weighted by Crippen LogP contribution is -2.45. The first-order valence-electron chi connectivity index (χ1n) is 7.77. The topological polar surface area (TPSA) is 89.7 Å². The molecular weight excluding hydrogens is 328 g/mol. The summed E-state index contributed by atoms with van der Waals surface area (Å²) in [7, 11) is 0. The van der Waals surface area contributed by atoms with Crippen LogP contribution in [0.15, 0.2) is 30.3 Å². The molecule has 1 aliphatic rings. The van der Waals surface area contributed by atoms with E-state index < -0.39 is 11.9 Å². The standard InChI is InChI=1S/C17H18N2O4S/c18-16(21)12-5-3-7-19(9-12)15(20)10-23-17(22)14-8-11-4-1-2-6-13(11)24-14/h1-2,4,6,8,12H,3,5,7,9-10H2,(H2,18,21)/t12-/m1/s1. The number of nitrogens with zero attached hydrogens (tertiary/aromatic N) is 1. The summed E-state index contributed by atoms with van der Waals surface area (Å²) < 4.78 is 6.13. The number of carbonyl (C=O) groups is 3. The van der Waals surface area contributed by atoms with Gasteiger partial charge in [0.2, 0.25) is 5.91 Å². The van der Waals surface area contributed by atoms with E-state index in [1.54, 1.807) is 6.07 Å². The fourth-order valence-corrected chi connectivity index (χ4v) is 3.76. The monoisotopic (exact) mass is 346 g/mol. The predicted molar refractivity (Wildman–Crippen MR) is 90.6 cm³/mol. The van der Waals surface area contributed by atoms with E-state index in [0.717, 1.165) is 16.5 Å². The number of ether oxygens (including phenoxy) is 1. The highest BCUT2D eigenvalue weighted by atomic mass is 32.1. The van der Waals surface area contributed by atoms with E-state index in [-0.39, 0.29) is 18.4 Å². The lowest BCUT2D eigenvalue weighted by molar-refractivity contribution is -0.137. The molecule has 24 heavy (non-hydrogen) atoms. The molecule has 0 aliphatic carbocycles. The number of fused-ring (bicyclic) bond motifs is 1. The number of carbonyl (C=O) groups excluding carboxylic acids is 3. The minimum atomic E-state index is -0.506. The molecule has 6 nitrogen and oxygen atoms in total. The van der Waals surface area contributed by atoms with Crippen molar-refractivity contribution in [2.24, 2.45) is 11.7 Å². The first-order chi connectivity index (χ1) is 11.5. The Morgan fingerprint density at radius 2 is 2.08 bits per heavy atom. The molecule has 7 heteroatoms. The Bertz CT molecular complexity index is 753. The zero-order valence-electron chi connectivity index (χ0n) is 13.1. The van der Waals surface area contributed by atoms with Crippen LogP contribution in [-0.2, 0) is 14.3 Å². The predicted octanol–water partition coefficient (Wildman–Crippen LogP) is 1.78. The number of rotatable bonds is 4. The maximum absolute atomic E-state index is 12.2. The second-order valence-electron chi connectivity index (χ2n) is 5.81. The molecule has 2 N–H and O–H groups in total. The molecule has 1 saturated heterocycles. The number of hydrogen-bond donors (Lipinski definition) is 1. The summed E-state index contributed by atoms with van der Waals surface area (Å²) in [4.78, 5) is 37.6. The van der Waals surface area contributed by atoms with Gasteiger partial charge in [-0.05, 0) is 30.4 Å². The van der Waals surface area contributed by atoms with Gasteiger partial charge < -0.3 is 15.4 Å². The molecule has 1 fully saturated rings. The molecule has 2 heterocycles. The Morgan fingerprint density at radius 3 is 2.83 bits per heavy atom. The van der Waals surface area contributed by atoms with Gasteiger partial charge in [-0.15, -0.1) is 11.3 Å². The van der Waals surface area contributed by atoms with E-state index in [1.165, 1.54) is 16.2 Å². The number of nitrogens with two attached hydrogens (primary N) is 1. The Morgan fingerprint density at radius 1 is 1.29 bits per heavy atom. The van der Waals surface area contributed by atoms with Crippen molar-refractivity contribution in [1.82, 2.24) is 4.90 Å². The van der Waals surface area contributed by atoms with E-state index in [4.69, 9.17) is 10.5 Å². The van der Waals surface area contributed by atoms with E-state index in [0.29, 0.717) is 24.4 Å². The van der Waals surface area contributed by atoms with E-state index in [2.05, 4.69) is 0 Å². The zero-order chi connectivity index (χ0) is 17.1. The molecule has 0 spiro atoms. The molecule has 0 radical (unpaired) electrons. The molecule has 1 aromatic carbocycles. The number of hydrogen-bond acceptors (Lipinski definition) is 5. The van der Waals surface area contributed by atoms with Crippen molar-refractivity contribution in [1.29, 1.82) is 0 Å². The molecular formula is C17H18N2O4S. The van der Waals surface area contributed by atoms with Gasteiger partial charge >= 0.3 is 5.97 Å². The minimum Gasteiger partial charge on any atom is -0.451 e. The lowest BCUT2D eigenvalue weighted by atomic mass is 9.97. The number of likely N-dealkylation sites (tertiary alicyclic amines) is 1. The van der Waals surface area contributed by atoms with Crippen molar-refractivity contribution in [3.05, 3.63) is 35.2 Å². The number of primary amides is 1. The Labute approximate surface area is 143 Å². The maximum atomic E-state index is 12.2. The van der Waals surface area contributed by atoms with Crippen LogP contribution >= 0.6 is 11.3 Å². The van der Waals surface area contributed by atoms with Crippen LogP contribution in [-0.4, -0.2) is 42.4 Å². The van der Waals surface area contributed by atoms with Gasteiger partial charge in [-0.25, -0.2) is 4.79 Å². The number of amides is 2. The van der Waals surface area contributed by atoms with Gasteiger partial charge in [0.05, 0.1) is 5.92 Å². The molecule has 0 bridgehead atoms. The third-order valence-corrected chi connectivity index (χ3v) is 5.23. The highest BCUT2D eigenvalue weighted by Gasteiger charge is 2.27. The third-order valence-electron chi connectivity index (χ3n) is 4.13. The van der Waals surface area contributed by atoms with E-state index >= 15 is 0 Å². The maximum Gasteiger partial charge on any atom is 0.348 e. The second kappa shape index (κ2) is 7.00. The summed E-state index contributed by atoms with van der Waals surface area (Å²) >= 11 is 1.34. The van der Waals surface area contributed by atoms with Crippen molar-refractivity contribution >= 4 is 39.2 Å². The van der Waals surface area contributed by atoms with Crippen LogP contribution in [0, 0.1) is 5.92 Å². The molecule has 2 amide bonds. The van der Waals surface area contributed by atoms with Crippen LogP contribution in [0.5, 0.6) is 0 Å². The summed E-state index contributed by atoms with van der Waals surface area (Å²) in [6.07, 6.45) is 1.42. The van der Waals surface area contributed by atoms with Gasteiger partial charge in [0.1, 0.15) is 4.88 Å². The van der Waals surface area contributed by atoms with Crippen molar-refractivity contribution in [2.45, 2.75) is 12.8 Å². The van der Waals surface area contributed by atoms with Crippen LogP contribution in [0.4, 0.5) is 0 Å². The van der Waals surface area contributed by atoms with Crippen LogP contribution in [0.2, 0.25) is 0 Å². The minimum absolute atomic E-state index is 0.296. The molecule has 1 aliphatic heterocycles. The van der Waals surface area contributed by atoms with Crippen LogP contribution in [0.1, 0.15) is 22.5 Å². The lowest BCUT2D eigenvalue weighted by Gasteiger charge is -2.30. The van der Waals surface area contributed by atoms with Crippen molar-refractivity contribution in [3.63, 3.8) is 0 Å². The molecule has 2 aromatic rings. The average molecular weight is 346 g/mol. The Balaban J connectivity index is 1.57. The van der Waals surface area contributed by atoms with Crippen LogP contribution in [0.25, 0.3) is 10.1 Å². The van der Waals surface area contributed by atoms with Gasteiger partial charge in [0.25, 0.3) is 5.91 Å². The average Bonchev–Trinajstić information content (AvgIpc) is 3.03. The van der Waals surface area contributed by atoms with Gasteiger partial charge in [0, 0.05) is 17.8 Å². The first-order valence-corrected chi connectivity index (χ1v) is 8.59. The molecule has 126 valence electrons. The molecule has 3 rings (SSSR count). The van der Waals surface area contributed by atoms with Crippen molar-refractivity contribution in [3.8, 4) is 0 Å². The van der Waals surface area contributed by atoms with Crippen LogP contribution in [0.3, 0.4) is 0 Å². The number of benzene rings is 1. The van der Waals surface area contributed by atoms with Crippen molar-refractivity contribution < 1.29 is 19.1 Å².